The van der Waals surface area contributed by atoms with Gasteiger partial charge in [0, 0.05) is 17.3 Å². The molecule has 4 heterocycles. The maximum atomic E-state index is 14.2. The predicted molar refractivity (Wildman–Crippen MR) is 103 cm³/mol. The lowest BCUT2D eigenvalue weighted by atomic mass is 9.22. The van der Waals surface area contributed by atoms with Gasteiger partial charge < -0.3 is 19.3 Å². The van der Waals surface area contributed by atoms with Crippen molar-refractivity contribution in [1.29, 1.82) is 0 Å². The standard InChI is InChI=1S/C24H30O5/c1-12-13-7-8-14-21-10-6-9-19(2,3)16(21)17(25)24(27-11-21)22(14)15(13)23(12,18(22)26)28-20(4,5)29-24/h6,10,13-17,25H,1,7-9,11H2,2-5H3/t13-,14-,15+,16+,17-,21+,22+,23?,24?/m0/s1. The van der Waals surface area contributed by atoms with Crippen molar-refractivity contribution in [3.05, 3.63) is 24.3 Å². The Labute approximate surface area is 171 Å². The molecule has 156 valence electrons. The number of Topliss-reactive ketones (excluding diaryl/α,β-unsaturated/α-hetero) is 1. The first-order valence-electron chi connectivity index (χ1n) is 11.2. The Morgan fingerprint density at radius 1 is 1.14 bits per heavy atom. The Morgan fingerprint density at radius 3 is 2.66 bits per heavy atom. The Morgan fingerprint density at radius 2 is 1.90 bits per heavy atom. The van der Waals surface area contributed by atoms with Crippen molar-refractivity contribution in [1.82, 2.24) is 0 Å². The monoisotopic (exact) mass is 398 g/mol. The quantitative estimate of drug-likeness (QED) is 0.636. The van der Waals surface area contributed by atoms with Gasteiger partial charge in [0.2, 0.25) is 5.79 Å². The third kappa shape index (κ3) is 1.34. The number of aliphatic hydroxyl groups is 1. The fraction of sp³-hybridized carbons (Fsp3) is 0.792. The molecule has 0 aromatic carbocycles. The molecule has 9 atom stereocenters. The van der Waals surface area contributed by atoms with E-state index in [9.17, 15) is 9.90 Å². The number of rotatable bonds is 0. The highest BCUT2D eigenvalue weighted by molar-refractivity contribution is 6.08. The Kier molecular flexibility index (Phi) is 2.63. The summed E-state index contributed by atoms with van der Waals surface area (Å²) in [6.07, 6.45) is 6.55. The zero-order valence-electron chi connectivity index (χ0n) is 17.7. The van der Waals surface area contributed by atoms with E-state index in [4.69, 9.17) is 14.2 Å². The average Bonchev–Trinajstić information content (AvgIpc) is 2.77. The molecule has 0 aromatic rings. The number of ketones is 1. The van der Waals surface area contributed by atoms with Crippen molar-refractivity contribution in [3.8, 4) is 0 Å². The number of hydrogen-bond donors (Lipinski definition) is 1. The maximum absolute atomic E-state index is 14.2. The van der Waals surface area contributed by atoms with E-state index in [0.717, 1.165) is 24.8 Å². The van der Waals surface area contributed by atoms with E-state index < -0.39 is 28.7 Å². The van der Waals surface area contributed by atoms with Gasteiger partial charge in [-0.15, -0.1) is 0 Å². The van der Waals surface area contributed by atoms with Gasteiger partial charge in [-0.05, 0) is 55.9 Å². The molecule has 8 fully saturated rings. The Balaban J connectivity index is 1.56. The first-order valence-corrected chi connectivity index (χ1v) is 11.2. The molecular weight excluding hydrogens is 368 g/mol. The number of hydrogen-bond acceptors (Lipinski definition) is 5. The smallest absolute Gasteiger partial charge is 0.211 e. The molecule has 0 aromatic heterocycles. The van der Waals surface area contributed by atoms with Crippen LogP contribution in [0.2, 0.25) is 0 Å². The van der Waals surface area contributed by atoms with Crippen molar-refractivity contribution in [2.24, 2.45) is 39.9 Å². The predicted octanol–water partition coefficient (Wildman–Crippen LogP) is 2.98. The fourth-order valence-corrected chi connectivity index (χ4v) is 9.62. The first kappa shape index (κ1) is 17.6. The van der Waals surface area contributed by atoms with Crippen LogP contribution in [0.4, 0.5) is 0 Å². The lowest BCUT2D eigenvalue weighted by molar-refractivity contribution is -0.470. The highest BCUT2D eigenvalue weighted by Gasteiger charge is 2.98. The number of carbonyl (C=O) groups excluding carboxylic acids is 1. The summed E-state index contributed by atoms with van der Waals surface area (Å²) < 4.78 is 19.6. The summed E-state index contributed by atoms with van der Waals surface area (Å²) in [7, 11) is 0. The van der Waals surface area contributed by atoms with Gasteiger partial charge in [-0.25, -0.2) is 0 Å². The molecule has 4 saturated heterocycles. The van der Waals surface area contributed by atoms with Gasteiger partial charge in [-0.3, -0.25) is 4.79 Å². The molecule has 5 nitrogen and oxygen atoms in total. The normalized spacial score (nSPS) is 61.8. The van der Waals surface area contributed by atoms with Gasteiger partial charge in [-0.1, -0.05) is 32.6 Å². The zero-order valence-corrected chi connectivity index (χ0v) is 17.7. The number of aliphatic hydroxyl groups excluding tert-OH is 1. The molecule has 0 amide bonds. The second-order valence-electron chi connectivity index (χ2n) is 11.9. The molecule has 4 bridgehead atoms. The van der Waals surface area contributed by atoms with Gasteiger partial charge in [0.15, 0.2) is 17.2 Å². The van der Waals surface area contributed by atoms with Gasteiger partial charge in [0.1, 0.15) is 6.10 Å². The largest absolute Gasteiger partial charge is 0.387 e. The highest BCUT2D eigenvalue weighted by atomic mass is 16.8. The third-order valence-electron chi connectivity index (χ3n) is 10.0. The van der Waals surface area contributed by atoms with Crippen LogP contribution < -0.4 is 0 Å². The van der Waals surface area contributed by atoms with E-state index in [1.54, 1.807) is 0 Å². The van der Waals surface area contributed by atoms with Gasteiger partial charge in [0.05, 0.1) is 12.0 Å². The summed E-state index contributed by atoms with van der Waals surface area (Å²) in [5.41, 5.74) is -1.30. The number of fused-ring (bicyclic) bond motifs is 3. The van der Waals surface area contributed by atoms with Crippen LogP contribution in [0, 0.1) is 39.9 Å². The Hall–Kier alpha value is -1.01. The van der Waals surface area contributed by atoms with Crippen LogP contribution in [-0.2, 0) is 19.0 Å². The maximum Gasteiger partial charge on any atom is 0.211 e. The van der Waals surface area contributed by atoms with Crippen molar-refractivity contribution >= 4 is 5.78 Å². The molecule has 5 heteroatoms. The molecule has 29 heavy (non-hydrogen) atoms. The van der Waals surface area contributed by atoms with E-state index in [-0.39, 0.29) is 40.3 Å². The van der Waals surface area contributed by atoms with Crippen LogP contribution in [0.25, 0.3) is 0 Å². The van der Waals surface area contributed by atoms with Crippen LogP contribution in [-0.4, -0.2) is 40.8 Å². The summed E-state index contributed by atoms with van der Waals surface area (Å²) in [4.78, 5) is 14.2. The molecule has 5 aliphatic carbocycles. The SMILES string of the molecule is C=C1[C@@H]2CC[C@H]3[C@]45C=CCC(C)(C)[C@H]4[C@H](O)C4(OC5)OC(C)(C)OC15C(=O)[C@]34[C@@H]25. The lowest BCUT2D eigenvalue weighted by Gasteiger charge is -2.83. The van der Waals surface area contributed by atoms with Crippen molar-refractivity contribution in [2.75, 3.05) is 6.61 Å². The molecule has 9 aliphatic rings. The van der Waals surface area contributed by atoms with E-state index >= 15 is 0 Å². The molecule has 9 rings (SSSR count). The number of ether oxygens (including phenoxy) is 3. The highest BCUT2D eigenvalue weighted by Crippen LogP contribution is 2.87. The number of carbonyl (C=O) groups is 1. The summed E-state index contributed by atoms with van der Waals surface area (Å²) in [6, 6.07) is 0. The zero-order chi connectivity index (χ0) is 20.4. The second-order valence-corrected chi connectivity index (χ2v) is 11.9. The molecular formula is C24H30O5. The van der Waals surface area contributed by atoms with Crippen LogP contribution in [0.5, 0.6) is 0 Å². The minimum Gasteiger partial charge on any atom is -0.387 e. The molecule has 1 N–H and O–H groups in total. The fourth-order valence-electron chi connectivity index (χ4n) is 9.62. The summed E-state index contributed by atoms with van der Waals surface area (Å²) in [5, 5.41) is 12.0. The van der Waals surface area contributed by atoms with Gasteiger partial charge in [-0.2, -0.15) is 0 Å². The molecule has 4 aliphatic heterocycles. The summed E-state index contributed by atoms with van der Waals surface area (Å²) in [6.45, 7) is 12.9. The minimum absolute atomic E-state index is 0.00161. The van der Waals surface area contributed by atoms with Crippen LogP contribution in [0.1, 0.15) is 47.0 Å². The van der Waals surface area contributed by atoms with E-state index in [1.165, 1.54) is 0 Å². The molecule has 4 spiro atoms. The number of allylic oxidation sites excluding steroid dienone is 1. The topological polar surface area (TPSA) is 65.0 Å². The second kappa shape index (κ2) is 4.32. The molecule has 0 radical (unpaired) electrons. The minimum atomic E-state index is -1.34. The van der Waals surface area contributed by atoms with Crippen LogP contribution >= 0.6 is 0 Å². The van der Waals surface area contributed by atoms with Crippen molar-refractivity contribution in [3.63, 3.8) is 0 Å². The van der Waals surface area contributed by atoms with Gasteiger partial charge in [0.25, 0.3) is 0 Å². The van der Waals surface area contributed by atoms with Crippen molar-refractivity contribution in [2.45, 2.75) is 70.2 Å². The third-order valence-corrected chi connectivity index (χ3v) is 10.0. The summed E-state index contributed by atoms with van der Waals surface area (Å²) in [5.74, 6) is -1.97. The van der Waals surface area contributed by atoms with Crippen molar-refractivity contribution < 1.29 is 24.1 Å². The van der Waals surface area contributed by atoms with Crippen LogP contribution in [0.3, 0.4) is 0 Å². The summed E-state index contributed by atoms with van der Waals surface area (Å²) >= 11 is 0. The first-order chi connectivity index (χ1) is 13.5. The van der Waals surface area contributed by atoms with E-state index in [2.05, 4.69) is 32.6 Å². The lowest BCUT2D eigenvalue weighted by Crippen LogP contribution is -2.95. The molecule has 2 unspecified atom stereocenters. The van der Waals surface area contributed by atoms with Gasteiger partial charge >= 0.3 is 0 Å². The van der Waals surface area contributed by atoms with E-state index in [1.807, 2.05) is 13.8 Å². The van der Waals surface area contributed by atoms with Crippen LogP contribution in [0.15, 0.2) is 24.3 Å². The molecule has 4 saturated carbocycles. The average molecular weight is 398 g/mol. The Bertz CT molecular complexity index is 934. The van der Waals surface area contributed by atoms with E-state index in [0.29, 0.717) is 6.61 Å².